The van der Waals surface area contributed by atoms with Crippen LogP contribution in [0.1, 0.15) is 10.6 Å². The van der Waals surface area contributed by atoms with Crippen molar-refractivity contribution in [2.75, 3.05) is 12.3 Å². The van der Waals surface area contributed by atoms with Crippen LogP contribution >= 0.6 is 23.1 Å². The molecule has 2 aromatic rings. The Labute approximate surface area is 114 Å². The van der Waals surface area contributed by atoms with Crippen molar-refractivity contribution in [3.63, 3.8) is 0 Å². The van der Waals surface area contributed by atoms with Crippen molar-refractivity contribution in [1.29, 1.82) is 0 Å². The van der Waals surface area contributed by atoms with Crippen molar-refractivity contribution < 1.29 is 5.11 Å². The fourth-order valence-corrected chi connectivity index (χ4v) is 3.46. The van der Waals surface area contributed by atoms with E-state index in [0.717, 1.165) is 14.9 Å². The molecule has 3 N–H and O–H groups in total. The highest BCUT2D eigenvalue weighted by Gasteiger charge is 2.28. The van der Waals surface area contributed by atoms with E-state index in [1.807, 2.05) is 37.3 Å². The average molecular weight is 281 g/mol. The monoisotopic (exact) mass is 281 g/mol. The van der Waals surface area contributed by atoms with Gasteiger partial charge in [-0.05, 0) is 12.5 Å². The molecule has 18 heavy (non-hydrogen) atoms. The predicted molar refractivity (Wildman–Crippen MR) is 74.8 cm³/mol. The van der Waals surface area contributed by atoms with E-state index < -0.39 is 5.60 Å². The first-order chi connectivity index (χ1) is 8.64. The molecule has 4 nitrogen and oxygen atoms in total. The van der Waals surface area contributed by atoms with Gasteiger partial charge in [0.1, 0.15) is 10.6 Å². The second-order valence-electron chi connectivity index (χ2n) is 3.98. The molecule has 0 saturated heterocycles. The molecule has 2 rings (SSSR count). The molecule has 0 saturated carbocycles. The van der Waals surface area contributed by atoms with Crippen LogP contribution in [0.3, 0.4) is 0 Å². The average Bonchev–Trinajstić information content (AvgIpc) is 2.83. The third kappa shape index (κ3) is 3.08. The van der Waals surface area contributed by atoms with E-state index in [2.05, 4.69) is 10.2 Å². The van der Waals surface area contributed by atoms with Gasteiger partial charge in [-0.25, -0.2) is 0 Å². The summed E-state index contributed by atoms with van der Waals surface area (Å²) in [6.45, 7) is 2.09. The number of thioether (sulfide) groups is 1. The molecule has 0 amide bonds. The highest BCUT2D eigenvalue weighted by molar-refractivity contribution is 8.01. The van der Waals surface area contributed by atoms with Crippen LogP contribution in [0, 0.1) is 6.92 Å². The van der Waals surface area contributed by atoms with Gasteiger partial charge in [0.05, 0.1) is 0 Å². The number of hydrogen-bond donors (Lipinski definition) is 2. The minimum atomic E-state index is -1.02. The van der Waals surface area contributed by atoms with Gasteiger partial charge in [-0.3, -0.25) is 0 Å². The van der Waals surface area contributed by atoms with E-state index in [1.54, 1.807) is 0 Å². The number of aromatic nitrogens is 2. The van der Waals surface area contributed by atoms with E-state index >= 15 is 0 Å². The summed E-state index contributed by atoms with van der Waals surface area (Å²) in [4.78, 5) is 0. The van der Waals surface area contributed by atoms with Crippen LogP contribution in [0.4, 0.5) is 0 Å². The predicted octanol–water partition coefficient (Wildman–Crippen LogP) is 1.79. The van der Waals surface area contributed by atoms with Crippen molar-refractivity contribution in [1.82, 2.24) is 10.2 Å². The van der Waals surface area contributed by atoms with Crippen molar-refractivity contribution in [3.05, 3.63) is 40.9 Å². The second-order valence-corrected chi connectivity index (χ2v) is 6.38. The summed E-state index contributed by atoms with van der Waals surface area (Å²) in [5.74, 6) is 0.474. The van der Waals surface area contributed by atoms with Gasteiger partial charge in [-0.1, -0.05) is 53.4 Å². The number of benzene rings is 1. The molecule has 0 aliphatic carbocycles. The number of nitrogens with two attached hydrogens (primary N) is 1. The fourth-order valence-electron chi connectivity index (χ4n) is 1.53. The Bertz CT molecular complexity index is 503. The summed E-state index contributed by atoms with van der Waals surface area (Å²) in [6, 6.07) is 9.49. The SMILES string of the molecule is Cc1nnc(SCC(O)(CN)c2ccccc2)s1. The fraction of sp³-hybridized carbons (Fsp3) is 0.333. The molecule has 1 aromatic carbocycles. The molecule has 0 bridgehead atoms. The van der Waals surface area contributed by atoms with Gasteiger partial charge in [0, 0.05) is 12.3 Å². The van der Waals surface area contributed by atoms with Crippen LogP contribution < -0.4 is 5.73 Å². The summed E-state index contributed by atoms with van der Waals surface area (Å²) in [5, 5.41) is 19.5. The van der Waals surface area contributed by atoms with Crippen molar-refractivity contribution in [2.45, 2.75) is 16.9 Å². The summed E-state index contributed by atoms with van der Waals surface area (Å²) in [7, 11) is 0. The lowest BCUT2D eigenvalue weighted by molar-refractivity contribution is 0.0721. The number of nitrogens with zero attached hydrogens (tertiary/aromatic N) is 2. The molecule has 0 radical (unpaired) electrons. The lowest BCUT2D eigenvalue weighted by Gasteiger charge is -2.26. The number of aryl methyl sites for hydroxylation is 1. The Balaban J connectivity index is 2.09. The van der Waals surface area contributed by atoms with Crippen LogP contribution in [-0.4, -0.2) is 27.6 Å². The summed E-state index contributed by atoms with van der Waals surface area (Å²) < 4.78 is 0.857. The first kappa shape index (κ1) is 13.5. The zero-order chi connectivity index (χ0) is 13.0. The van der Waals surface area contributed by atoms with E-state index in [1.165, 1.54) is 23.1 Å². The Morgan fingerprint density at radius 2 is 2.06 bits per heavy atom. The highest BCUT2D eigenvalue weighted by Crippen LogP contribution is 2.30. The molecule has 1 atom stereocenters. The van der Waals surface area contributed by atoms with Gasteiger partial charge in [-0.2, -0.15) is 0 Å². The molecule has 0 aliphatic rings. The minimum absolute atomic E-state index is 0.182. The lowest BCUT2D eigenvalue weighted by atomic mass is 9.96. The van der Waals surface area contributed by atoms with Gasteiger partial charge in [0.25, 0.3) is 0 Å². The van der Waals surface area contributed by atoms with E-state index in [0.29, 0.717) is 5.75 Å². The van der Waals surface area contributed by atoms with Gasteiger partial charge in [0.2, 0.25) is 0 Å². The smallest absolute Gasteiger partial charge is 0.174 e. The number of aliphatic hydroxyl groups is 1. The number of hydrogen-bond acceptors (Lipinski definition) is 6. The Kier molecular flexibility index (Phi) is 4.34. The van der Waals surface area contributed by atoms with E-state index in [-0.39, 0.29) is 6.54 Å². The largest absolute Gasteiger partial charge is 0.383 e. The maximum Gasteiger partial charge on any atom is 0.174 e. The lowest BCUT2D eigenvalue weighted by Crippen LogP contribution is -2.37. The summed E-state index contributed by atoms with van der Waals surface area (Å²) in [6.07, 6.45) is 0. The zero-order valence-electron chi connectivity index (χ0n) is 10.0. The summed E-state index contributed by atoms with van der Waals surface area (Å²) in [5.41, 5.74) is 5.52. The minimum Gasteiger partial charge on any atom is -0.383 e. The third-order valence-corrected chi connectivity index (χ3v) is 4.78. The summed E-state index contributed by atoms with van der Waals surface area (Å²) >= 11 is 3.01. The third-order valence-electron chi connectivity index (χ3n) is 2.59. The molecule has 0 spiro atoms. The van der Waals surface area contributed by atoms with Crippen LogP contribution in [0.2, 0.25) is 0 Å². The second kappa shape index (κ2) is 5.79. The standard InChI is InChI=1S/C12H15N3OS2/c1-9-14-15-11(18-9)17-8-12(16,7-13)10-5-3-2-4-6-10/h2-6,16H,7-8,13H2,1H3. The van der Waals surface area contributed by atoms with Crippen molar-refractivity contribution >= 4 is 23.1 Å². The quantitative estimate of drug-likeness (QED) is 0.817. The van der Waals surface area contributed by atoms with Crippen LogP contribution in [0.25, 0.3) is 0 Å². The molecule has 1 aromatic heterocycles. The Morgan fingerprint density at radius 1 is 1.33 bits per heavy atom. The Morgan fingerprint density at radius 3 is 2.61 bits per heavy atom. The zero-order valence-corrected chi connectivity index (χ0v) is 11.7. The molecule has 0 aliphatic heterocycles. The van der Waals surface area contributed by atoms with Crippen molar-refractivity contribution in [3.8, 4) is 0 Å². The maximum absolute atomic E-state index is 10.6. The van der Waals surface area contributed by atoms with Gasteiger partial charge >= 0.3 is 0 Å². The van der Waals surface area contributed by atoms with E-state index in [4.69, 9.17) is 5.73 Å². The first-order valence-electron chi connectivity index (χ1n) is 5.55. The van der Waals surface area contributed by atoms with Crippen LogP contribution in [0.5, 0.6) is 0 Å². The van der Waals surface area contributed by atoms with Crippen molar-refractivity contribution in [2.24, 2.45) is 5.73 Å². The van der Waals surface area contributed by atoms with Crippen LogP contribution in [-0.2, 0) is 5.60 Å². The number of rotatable bonds is 5. The Hall–Kier alpha value is -0.950. The van der Waals surface area contributed by atoms with Gasteiger partial charge in [0.15, 0.2) is 4.34 Å². The maximum atomic E-state index is 10.6. The molecule has 1 heterocycles. The topological polar surface area (TPSA) is 72.0 Å². The molecule has 0 fully saturated rings. The van der Waals surface area contributed by atoms with E-state index in [9.17, 15) is 5.11 Å². The molecule has 96 valence electrons. The molecule has 1 unspecified atom stereocenters. The normalized spacial score (nSPS) is 14.4. The highest BCUT2D eigenvalue weighted by atomic mass is 32.2. The molecular formula is C12H15N3OS2. The van der Waals surface area contributed by atoms with Gasteiger partial charge < -0.3 is 10.8 Å². The molecular weight excluding hydrogens is 266 g/mol. The first-order valence-corrected chi connectivity index (χ1v) is 7.35. The van der Waals surface area contributed by atoms with Gasteiger partial charge in [-0.15, -0.1) is 10.2 Å². The van der Waals surface area contributed by atoms with Crippen LogP contribution in [0.15, 0.2) is 34.7 Å². The molecule has 6 heteroatoms.